The molecule has 0 aromatic carbocycles. The van der Waals surface area contributed by atoms with E-state index >= 15 is 0 Å². The van der Waals surface area contributed by atoms with Crippen LogP contribution in [0.3, 0.4) is 0 Å². The van der Waals surface area contributed by atoms with Crippen molar-refractivity contribution in [2.24, 2.45) is 0 Å². The summed E-state index contributed by atoms with van der Waals surface area (Å²) in [5, 5.41) is 0.559. The van der Waals surface area contributed by atoms with E-state index in [-0.39, 0.29) is 5.91 Å². The van der Waals surface area contributed by atoms with Crippen molar-refractivity contribution in [1.29, 1.82) is 0 Å². The third-order valence-electron chi connectivity index (χ3n) is 4.73. The molecule has 9 heteroatoms. The smallest absolute Gasteiger partial charge is 0.255 e. The molecule has 1 N–H and O–H groups in total. The van der Waals surface area contributed by atoms with Crippen LogP contribution >= 0.6 is 35.3 Å². The van der Waals surface area contributed by atoms with Crippen LogP contribution in [0.15, 0.2) is 12.4 Å². The Morgan fingerprint density at radius 3 is 2.96 bits per heavy atom. The van der Waals surface area contributed by atoms with Gasteiger partial charge in [0.15, 0.2) is 5.82 Å². The fourth-order valence-electron chi connectivity index (χ4n) is 3.60. The Morgan fingerprint density at radius 2 is 2.15 bits per heavy atom. The average molecular weight is 402 g/mol. The number of aryl methyl sites for hydroxylation is 3. The van der Waals surface area contributed by atoms with E-state index < -0.39 is 5.25 Å². The lowest BCUT2D eigenvalue weighted by Gasteiger charge is -2.18. The third kappa shape index (κ3) is 2.41. The number of carbonyl (C=O) groups is 1. The summed E-state index contributed by atoms with van der Waals surface area (Å²) >= 11 is 8.63. The van der Waals surface area contributed by atoms with Gasteiger partial charge in [-0.2, -0.15) is 0 Å². The molecular weight excluding hydrogens is 386 g/mol. The molecule has 1 aliphatic heterocycles. The zero-order valence-electron chi connectivity index (χ0n) is 14.0. The summed E-state index contributed by atoms with van der Waals surface area (Å²) in [6.07, 6.45) is 7.83. The highest BCUT2D eigenvalue weighted by Crippen LogP contribution is 2.45. The Labute approximate surface area is 163 Å². The summed E-state index contributed by atoms with van der Waals surface area (Å²) in [6, 6.07) is 0. The van der Waals surface area contributed by atoms with Crippen LogP contribution in [0.2, 0.25) is 0 Å². The Hall–Kier alpha value is -1.84. The van der Waals surface area contributed by atoms with Gasteiger partial charge in [0.1, 0.15) is 26.0 Å². The maximum absolute atomic E-state index is 13.2. The maximum Gasteiger partial charge on any atom is 0.255 e. The van der Waals surface area contributed by atoms with E-state index in [1.807, 2.05) is 6.92 Å². The minimum absolute atomic E-state index is 0.0925. The number of H-pyrrole nitrogens is 1. The number of hydrogen-bond donors (Lipinski definition) is 1. The molecule has 1 aliphatic carbocycles. The van der Waals surface area contributed by atoms with Crippen molar-refractivity contribution < 1.29 is 4.79 Å². The monoisotopic (exact) mass is 401 g/mol. The zero-order valence-corrected chi connectivity index (χ0v) is 16.4. The number of nitrogens with zero attached hydrogens (tertiary/aromatic N) is 4. The topological polar surface area (TPSA) is 74.8 Å². The number of thiocarbonyl (C=S) groups is 1. The molecule has 0 radical (unpaired) electrons. The van der Waals surface area contributed by atoms with Crippen LogP contribution in [-0.2, 0) is 17.6 Å². The van der Waals surface area contributed by atoms with Crippen LogP contribution in [0.4, 0.5) is 5.82 Å². The highest BCUT2D eigenvalue weighted by atomic mass is 32.2. The van der Waals surface area contributed by atoms with Crippen LogP contribution in [-0.4, -0.2) is 30.2 Å². The van der Waals surface area contributed by atoms with Crippen molar-refractivity contribution in [2.75, 3.05) is 4.90 Å². The molecule has 26 heavy (non-hydrogen) atoms. The molecule has 1 saturated heterocycles. The summed E-state index contributed by atoms with van der Waals surface area (Å²) in [4.78, 5) is 33.6. The second-order valence-corrected chi connectivity index (χ2v) is 9.22. The predicted octanol–water partition coefficient (Wildman–Crippen LogP) is 3.71. The van der Waals surface area contributed by atoms with Crippen molar-refractivity contribution in [3.8, 4) is 0 Å². The molecule has 0 bridgehead atoms. The second-order valence-electron chi connectivity index (χ2n) is 6.40. The van der Waals surface area contributed by atoms with Crippen LogP contribution in [0, 0.1) is 6.92 Å². The Kier molecular flexibility index (Phi) is 3.84. The summed E-state index contributed by atoms with van der Waals surface area (Å²) in [7, 11) is 0. The van der Waals surface area contributed by atoms with E-state index in [4.69, 9.17) is 12.2 Å². The Balaban J connectivity index is 1.68. The molecule has 132 valence electrons. The first-order valence-corrected chi connectivity index (χ1v) is 10.6. The van der Waals surface area contributed by atoms with Gasteiger partial charge in [-0.05, 0) is 38.2 Å². The van der Waals surface area contributed by atoms with Gasteiger partial charge in [0.25, 0.3) is 5.91 Å². The number of rotatable bonds is 2. The van der Waals surface area contributed by atoms with E-state index in [0.29, 0.717) is 21.8 Å². The van der Waals surface area contributed by atoms with Gasteiger partial charge >= 0.3 is 0 Å². The minimum atomic E-state index is -0.447. The lowest BCUT2D eigenvalue weighted by molar-refractivity contribution is -0.117. The van der Waals surface area contributed by atoms with Crippen molar-refractivity contribution in [1.82, 2.24) is 19.9 Å². The molecule has 2 aliphatic rings. The number of anilines is 1. The quantitative estimate of drug-likeness (QED) is 0.660. The number of fused-ring (bicyclic) bond motifs is 3. The number of aromatic nitrogens is 4. The maximum atomic E-state index is 13.2. The Bertz CT molecular complexity index is 1040. The second kappa shape index (κ2) is 6.11. The highest BCUT2D eigenvalue weighted by Gasteiger charge is 2.42. The number of aromatic amines is 1. The van der Waals surface area contributed by atoms with Gasteiger partial charge in [-0.3, -0.25) is 4.79 Å². The standard InChI is InChI=1S/C17H15N5OS3/c1-8-20-14(11-9-4-2-3-5-10(9)25-15(11)21-8)22-16(23)12(26-17(22)24)13-18-6-7-19-13/h6-7,12H,2-5H2,1H3,(H,18,19). The zero-order chi connectivity index (χ0) is 17.8. The number of imidazole rings is 1. The average Bonchev–Trinajstić information content (AvgIpc) is 3.31. The fraction of sp³-hybridized carbons (Fsp3) is 0.353. The van der Waals surface area contributed by atoms with Crippen LogP contribution in [0.25, 0.3) is 10.2 Å². The van der Waals surface area contributed by atoms with Crippen molar-refractivity contribution in [3.05, 3.63) is 34.5 Å². The molecule has 6 nitrogen and oxygen atoms in total. The van der Waals surface area contributed by atoms with Gasteiger partial charge in [-0.1, -0.05) is 24.0 Å². The first-order valence-electron chi connectivity index (χ1n) is 8.46. The normalized spacial score (nSPS) is 20.2. The molecule has 0 spiro atoms. The number of amides is 1. The first-order chi connectivity index (χ1) is 12.6. The van der Waals surface area contributed by atoms with Gasteiger partial charge in [-0.15, -0.1) is 11.3 Å². The van der Waals surface area contributed by atoms with E-state index in [1.54, 1.807) is 28.6 Å². The van der Waals surface area contributed by atoms with Crippen molar-refractivity contribution in [3.63, 3.8) is 0 Å². The molecule has 3 aromatic rings. The molecular formula is C17H15N5OS3. The molecule has 1 fully saturated rings. The summed E-state index contributed by atoms with van der Waals surface area (Å²) in [6.45, 7) is 1.86. The van der Waals surface area contributed by atoms with Crippen LogP contribution in [0.5, 0.6) is 0 Å². The van der Waals surface area contributed by atoms with Gasteiger partial charge in [0.2, 0.25) is 0 Å². The van der Waals surface area contributed by atoms with Gasteiger partial charge in [0, 0.05) is 17.3 Å². The highest BCUT2D eigenvalue weighted by molar-refractivity contribution is 8.24. The molecule has 0 saturated carbocycles. The number of thiophene rings is 1. The van der Waals surface area contributed by atoms with E-state index in [9.17, 15) is 4.79 Å². The molecule has 1 amide bonds. The third-order valence-corrected chi connectivity index (χ3v) is 7.43. The van der Waals surface area contributed by atoms with E-state index in [0.717, 1.165) is 29.5 Å². The lowest BCUT2D eigenvalue weighted by Crippen LogP contribution is -2.30. The number of hydrogen-bond acceptors (Lipinski definition) is 7. The van der Waals surface area contributed by atoms with Crippen molar-refractivity contribution in [2.45, 2.75) is 37.9 Å². The van der Waals surface area contributed by atoms with Gasteiger partial charge in [-0.25, -0.2) is 19.9 Å². The number of nitrogens with one attached hydrogen (secondary N) is 1. The fourth-order valence-corrected chi connectivity index (χ4v) is 6.30. The SMILES string of the molecule is Cc1nc(N2C(=O)C(c3ncc[nH]3)SC2=S)c2c3c(sc2n1)CCCC3. The minimum Gasteiger partial charge on any atom is -0.347 e. The lowest BCUT2D eigenvalue weighted by atomic mass is 9.97. The van der Waals surface area contributed by atoms with Crippen LogP contribution in [0.1, 0.15) is 40.2 Å². The largest absolute Gasteiger partial charge is 0.347 e. The molecule has 5 rings (SSSR count). The summed E-state index contributed by atoms with van der Waals surface area (Å²) in [5.41, 5.74) is 1.30. The predicted molar refractivity (Wildman–Crippen MR) is 108 cm³/mol. The van der Waals surface area contributed by atoms with E-state index in [2.05, 4.69) is 19.9 Å². The van der Waals surface area contributed by atoms with E-state index in [1.165, 1.54) is 28.6 Å². The molecule has 3 aromatic heterocycles. The summed E-state index contributed by atoms with van der Waals surface area (Å²) in [5.74, 6) is 1.83. The Morgan fingerprint density at radius 1 is 1.31 bits per heavy atom. The number of thioether (sulfide) groups is 1. The number of carbonyl (C=O) groups excluding carboxylic acids is 1. The molecule has 4 heterocycles. The first kappa shape index (κ1) is 16.3. The molecule has 1 unspecified atom stereocenters. The molecule has 1 atom stereocenters. The summed E-state index contributed by atoms with van der Waals surface area (Å²) < 4.78 is 0.520. The van der Waals surface area contributed by atoms with Crippen LogP contribution < -0.4 is 4.90 Å². The van der Waals surface area contributed by atoms with Gasteiger partial charge < -0.3 is 4.98 Å². The van der Waals surface area contributed by atoms with Crippen molar-refractivity contribution >= 4 is 61.6 Å². The van der Waals surface area contributed by atoms with Gasteiger partial charge in [0.05, 0.1) is 5.39 Å².